The highest BCUT2D eigenvalue weighted by Crippen LogP contribution is 2.27. The van der Waals surface area contributed by atoms with Crippen LogP contribution in [0.4, 0.5) is 10.1 Å². The molecule has 3 nitrogen and oxygen atoms in total. The summed E-state index contributed by atoms with van der Waals surface area (Å²) in [7, 11) is 0. The number of rotatable bonds is 4. The van der Waals surface area contributed by atoms with Crippen molar-refractivity contribution in [3.05, 3.63) is 51.5 Å². The lowest BCUT2D eigenvalue weighted by atomic mass is 10.1. The first-order valence-corrected chi connectivity index (χ1v) is 6.70. The third kappa shape index (κ3) is 2.93. The van der Waals surface area contributed by atoms with Gasteiger partial charge in [0.1, 0.15) is 5.82 Å². The molecule has 2 N–H and O–H groups in total. The molecule has 0 radical (unpaired) electrons. The number of carboxylic acids is 1. The van der Waals surface area contributed by atoms with Crippen molar-refractivity contribution in [3.8, 4) is 0 Å². The third-order valence-electron chi connectivity index (χ3n) is 2.87. The van der Waals surface area contributed by atoms with Gasteiger partial charge in [0.2, 0.25) is 0 Å². The van der Waals surface area contributed by atoms with E-state index in [9.17, 15) is 9.18 Å². The monoisotopic (exact) mass is 279 g/mol. The Morgan fingerprint density at radius 3 is 2.74 bits per heavy atom. The lowest BCUT2D eigenvalue weighted by Crippen LogP contribution is -2.08. The highest BCUT2D eigenvalue weighted by atomic mass is 32.1. The number of carbonyl (C=O) groups is 1. The van der Waals surface area contributed by atoms with E-state index >= 15 is 0 Å². The van der Waals surface area contributed by atoms with E-state index in [1.54, 1.807) is 17.4 Å². The van der Waals surface area contributed by atoms with Crippen molar-refractivity contribution in [2.24, 2.45) is 0 Å². The zero-order valence-electron chi connectivity index (χ0n) is 10.6. The molecule has 0 aliphatic carbocycles. The van der Waals surface area contributed by atoms with E-state index in [0.29, 0.717) is 5.69 Å². The molecule has 0 amide bonds. The summed E-state index contributed by atoms with van der Waals surface area (Å²) < 4.78 is 13.3. The topological polar surface area (TPSA) is 49.3 Å². The summed E-state index contributed by atoms with van der Waals surface area (Å²) in [6, 6.07) is 6.11. The van der Waals surface area contributed by atoms with Crippen LogP contribution < -0.4 is 5.32 Å². The van der Waals surface area contributed by atoms with Crippen molar-refractivity contribution in [3.63, 3.8) is 0 Å². The van der Waals surface area contributed by atoms with Crippen LogP contribution in [0, 0.1) is 12.7 Å². The number of benzene rings is 1. The first-order valence-electron chi connectivity index (χ1n) is 5.82. The smallest absolute Gasteiger partial charge is 0.338 e. The van der Waals surface area contributed by atoms with Crippen LogP contribution in [0.2, 0.25) is 0 Å². The van der Waals surface area contributed by atoms with Gasteiger partial charge in [-0.05, 0) is 49.1 Å². The second kappa shape index (κ2) is 5.40. The summed E-state index contributed by atoms with van der Waals surface area (Å²) >= 11 is 1.64. The van der Waals surface area contributed by atoms with Crippen LogP contribution in [0.5, 0.6) is 0 Å². The first-order chi connectivity index (χ1) is 8.99. The average Bonchev–Trinajstić information content (AvgIpc) is 2.77. The molecule has 19 heavy (non-hydrogen) atoms. The fourth-order valence-electron chi connectivity index (χ4n) is 1.92. The van der Waals surface area contributed by atoms with Crippen molar-refractivity contribution >= 4 is 23.0 Å². The third-order valence-corrected chi connectivity index (χ3v) is 4.08. The fourth-order valence-corrected chi connectivity index (χ4v) is 2.86. The van der Waals surface area contributed by atoms with Gasteiger partial charge in [-0.1, -0.05) is 0 Å². The standard InChI is InChI=1S/C14H14FNO2S/c1-8-5-6-19-13(8)9(2)16-10-3-4-12(15)11(7-10)14(17)18/h3-7,9,16H,1-2H3,(H,17,18). The molecule has 2 rings (SSSR count). The Morgan fingerprint density at radius 2 is 2.16 bits per heavy atom. The summed E-state index contributed by atoms with van der Waals surface area (Å²) in [6.07, 6.45) is 0. The van der Waals surface area contributed by atoms with Gasteiger partial charge in [-0.2, -0.15) is 0 Å². The molecule has 0 saturated carbocycles. The van der Waals surface area contributed by atoms with E-state index in [1.165, 1.54) is 22.6 Å². The van der Waals surface area contributed by atoms with Crippen molar-refractivity contribution in [2.75, 3.05) is 5.32 Å². The zero-order valence-corrected chi connectivity index (χ0v) is 11.4. The van der Waals surface area contributed by atoms with E-state index in [0.717, 1.165) is 0 Å². The molecule has 1 unspecified atom stereocenters. The Balaban J connectivity index is 2.22. The number of thiophene rings is 1. The predicted molar refractivity (Wildman–Crippen MR) is 74.5 cm³/mol. The van der Waals surface area contributed by atoms with Crippen LogP contribution >= 0.6 is 11.3 Å². The molecule has 0 aliphatic heterocycles. The summed E-state index contributed by atoms with van der Waals surface area (Å²) in [5.74, 6) is -1.99. The number of aromatic carboxylic acids is 1. The predicted octanol–water partition coefficient (Wildman–Crippen LogP) is 4.07. The minimum absolute atomic E-state index is 0.0482. The lowest BCUT2D eigenvalue weighted by molar-refractivity contribution is 0.0692. The second-order valence-electron chi connectivity index (χ2n) is 4.33. The molecule has 1 heterocycles. The summed E-state index contributed by atoms with van der Waals surface area (Å²) in [5, 5.41) is 14.1. The van der Waals surface area contributed by atoms with Gasteiger partial charge in [0, 0.05) is 10.6 Å². The maximum atomic E-state index is 13.3. The number of hydrogen-bond donors (Lipinski definition) is 2. The fraction of sp³-hybridized carbons (Fsp3) is 0.214. The molecule has 100 valence electrons. The van der Waals surface area contributed by atoms with Crippen molar-refractivity contribution in [1.29, 1.82) is 0 Å². The SMILES string of the molecule is Cc1ccsc1C(C)Nc1ccc(F)c(C(=O)O)c1. The summed E-state index contributed by atoms with van der Waals surface area (Å²) in [6.45, 7) is 4.01. The van der Waals surface area contributed by atoms with Gasteiger partial charge in [0.05, 0.1) is 11.6 Å². The van der Waals surface area contributed by atoms with E-state index in [4.69, 9.17) is 5.11 Å². The molecule has 0 aliphatic rings. The number of hydrogen-bond acceptors (Lipinski definition) is 3. The van der Waals surface area contributed by atoms with Crippen molar-refractivity contribution in [1.82, 2.24) is 0 Å². The molecular formula is C14H14FNO2S. The number of nitrogens with one attached hydrogen (secondary N) is 1. The van der Waals surface area contributed by atoms with Gasteiger partial charge in [-0.15, -0.1) is 11.3 Å². The maximum Gasteiger partial charge on any atom is 0.338 e. The molecule has 1 aromatic heterocycles. The summed E-state index contributed by atoms with van der Waals surface area (Å²) in [4.78, 5) is 12.1. The average molecular weight is 279 g/mol. The molecule has 0 bridgehead atoms. The van der Waals surface area contributed by atoms with Crippen LogP contribution in [0.15, 0.2) is 29.6 Å². The molecule has 2 aromatic rings. The Hall–Kier alpha value is -1.88. The second-order valence-corrected chi connectivity index (χ2v) is 5.28. The number of anilines is 1. The summed E-state index contributed by atoms with van der Waals surface area (Å²) in [5.41, 5.74) is 1.46. The molecule has 1 atom stereocenters. The molecule has 0 saturated heterocycles. The number of aryl methyl sites for hydroxylation is 1. The van der Waals surface area contributed by atoms with E-state index in [1.807, 2.05) is 25.3 Å². The quantitative estimate of drug-likeness (QED) is 0.887. The molecular weight excluding hydrogens is 265 g/mol. The minimum Gasteiger partial charge on any atom is -0.478 e. The Labute approximate surface area is 114 Å². The zero-order chi connectivity index (χ0) is 14.0. The van der Waals surface area contributed by atoms with Crippen LogP contribution in [0.3, 0.4) is 0 Å². The Kier molecular flexibility index (Phi) is 3.85. The van der Waals surface area contributed by atoms with Crippen molar-refractivity contribution < 1.29 is 14.3 Å². The van der Waals surface area contributed by atoms with Gasteiger partial charge < -0.3 is 10.4 Å². The highest BCUT2D eigenvalue weighted by Gasteiger charge is 2.13. The molecule has 1 aromatic carbocycles. The Morgan fingerprint density at radius 1 is 1.42 bits per heavy atom. The van der Waals surface area contributed by atoms with Gasteiger partial charge in [0.25, 0.3) is 0 Å². The normalized spacial score (nSPS) is 12.2. The maximum absolute atomic E-state index is 13.3. The highest BCUT2D eigenvalue weighted by molar-refractivity contribution is 7.10. The molecule has 5 heteroatoms. The van der Waals surface area contributed by atoms with Crippen LogP contribution in [0.1, 0.15) is 33.8 Å². The largest absolute Gasteiger partial charge is 0.478 e. The lowest BCUT2D eigenvalue weighted by Gasteiger charge is -2.15. The molecule has 0 spiro atoms. The molecule has 0 fully saturated rings. The first kappa shape index (κ1) is 13.5. The minimum atomic E-state index is -1.26. The van der Waals surface area contributed by atoms with Crippen LogP contribution in [0.25, 0.3) is 0 Å². The van der Waals surface area contributed by atoms with Crippen LogP contribution in [-0.4, -0.2) is 11.1 Å². The van der Waals surface area contributed by atoms with Gasteiger partial charge in [-0.3, -0.25) is 0 Å². The van der Waals surface area contributed by atoms with Crippen molar-refractivity contribution in [2.45, 2.75) is 19.9 Å². The van der Waals surface area contributed by atoms with Crippen LogP contribution in [-0.2, 0) is 0 Å². The number of halogens is 1. The van der Waals surface area contributed by atoms with Gasteiger partial charge in [-0.25, -0.2) is 9.18 Å². The van der Waals surface area contributed by atoms with E-state index in [-0.39, 0.29) is 11.6 Å². The van der Waals surface area contributed by atoms with Gasteiger partial charge in [0.15, 0.2) is 0 Å². The number of carboxylic acid groups (broad SMARTS) is 1. The van der Waals surface area contributed by atoms with E-state index < -0.39 is 11.8 Å². The Bertz CT molecular complexity index is 609. The van der Waals surface area contributed by atoms with Gasteiger partial charge >= 0.3 is 5.97 Å². The van der Waals surface area contributed by atoms with E-state index in [2.05, 4.69) is 5.32 Å².